The smallest absolute Gasteiger partial charge is 0.225 e. The quantitative estimate of drug-likeness (QED) is 0.775. The van der Waals surface area contributed by atoms with Crippen LogP contribution >= 0.6 is 22.9 Å². The van der Waals surface area contributed by atoms with Crippen LogP contribution in [0.5, 0.6) is 0 Å². The molecule has 0 saturated heterocycles. The summed E-state index contributed by atoms with van der Waals surface area (Å²) in [7, 11) is 0. The van der Waals surface area contributed by atoms with Crippen molar-refractivity contribution in [2.45, 2.75) is 25.8 Å². The first-order chi connectivity index (χ1) is 6.72. The molecule has 0 aliphatic heterocycles. The van der Waals surface area contributed by atoms with Crippen molar-refractivity contribution >= 4 is 28.8 Å². The molecule has 1 rings (SSSR count). The number of nitrogens with one attached hydrogen (secondary N) is 1. The summed E-state index contributed by atoms with van der Waals surface area (Å²) in [6, 6.07) is 4.09. The lowest BCUT2D eigenvalue weighted by Gasteiger charge is -2.11. The largest absolute Gasteiger partial charge is 0.353 e. The molecule has 1 heterocycles. The molecule has 14 heavy (non-hydrogen) atoms. The molecule has 2 nitrogen and oxygen atoms in total. The van der Waals surface area contributed by atoms with Gasteiger partial charge in [0.15, 0.2) is 0 Å². The Morgan fingerprint density at radius 2 is 2.50 bits per heavy atom. The number of carbonyl (C=O) groups excluding carboxylic acids is 1. The predicted octanol–water partition coefficient (Wildman–Crippen LogP) is 2.42. The standard InChI is InChI=1S/C10H14ClNOS/c1-8(4-5-11)12-10(13)7-9-3-2-6-14-9/h2-3,6,8H,4-5,7H2,1H3,(H,12,13). The highest BCUT2D eigenvalue weighted by Crippen LogP contribution is 2.09. The minimum absolute atomic E-state index is 0.0741. The fourth-order valence-corrected chi connectivity index (χ4v) is 2.16. The molecule has 4 heteroatoms. The maximum Gasteiger partial charge on any atom is 0.225 e. The van der Waals surface area contributed by atoms with Crippen LogP contribution in [0.1, 0.15) is 18.2 Å². The summed E-state index contributed by atoms with van der Waals surface area (Å²) >= 11 is 7.18. The van der Waals surface area contributed by atoms with Crippen molar-refractivity contribution in [2.24, 2.45) is 0 Å². The molecular weight excluding hydrogens is 218 g/mol. The Balaban J connectivity index is 2.29. The molecule has 1 unspecified atom stereocenters. The van der Waals surface area contributed by atoms with Crippen LogP contribution in [0.25, 0.3) is 0 Å². The molecule has 1 N–H and O–H groups in total. The highest BCUT2D eigenvalue weighted by molar-refractivity contribution is 7.10. The SMILES string of the molecule is CC(CCCl)NC(=O)Cc1cccs1. The average Bonchev–Trinajstić information content (AvgIpc) is 2.56. The zero-order chi connectivity index (χ0) is 10.4. The second-order valence-electron chi connectivity index (χ2n) is 3.20. The Morgan fingerprint density at radius 1 is 1.71 bits per heavy atom. The number of thiophene rings is 1. The van der Waals surface area contributed by atoms with E-state index in [1.54, 1.807) is 11.3 Å². The first-order valence-electron chi connectivity index (χ1n) is 4.60. The van der Waals surface area contributed by atoms with Crippen LogP contribution in [0.3, 0.4) is 0 Å². The number of amides is 1. The average molecular weight is 232 g/mol. The maximum absolute atomic E-state index is 11.4. The molecule has 0 bridgehead atoms. The lowest BCUT2D eigenvalue weighted by Crippen LogP contribution is -2.33. The molecule has 0 saturated carbocycles. The number of hydrogen-bond acceptors (Lipinski definition) is 2. The topological polar surface area (TPSA) is 29.1 Å². The summed E-state index contributed by atoms with van der Waals surface area (Å²) in [6.45, 7) is 1.97. The van der Waals surface area contributed by atoms with Gasteiger partial charge in [-0.25, -0.2) is 0 Å². The zero-order valence-corrected chi connectivity index (χ0v) is 9.70. The summed E-state index contributed by atoms with van der Waals surface area (Å²) in [6.07, 6.45) is 1.29. The summed E-state index contributed by atoms with van der Waals surface area (Å²) < 4.78 is 0. The van der Waals surface area contributed by atoms with Gasteiger partial charge in [-0.05, 0) is 24.8 Å². The number of rotatable bonds is 5. The van der Waals surface area contributed by atoms with Crippen LogP contribution in [-0.4, -0.2) is 17.8 Å². The maximum atomic E-state index is 11.4. The molecule has 0 aliphatic carbocycles. The van der Waals surface area contributed by atoms with Gasteiger partial charge in [-0.3, -0.25) is 4.79 Å². The summed E-state index contributed by atoms with van der Waals surface area (Å²) in [4.78, 5) is 12.5. The molecule has 0 spiro atoms. The van der Waals surface area contributed by atoms with Crippen molar-refractivity contribution in [1.82, 2.24) is 5.32 Å². The third kappa shape index (κ3) is 4.11. The van der Waals surface area contributed by atoms with E-state index >= 15 is 0 Å². The van der Waals surface area contributed by atoms with E-state index in [0.717, 1.165) is 11.3 Å². The molecule has 0 radical (unpaired) electrons. The van der Waals surface area contributed by atoms with Crippen LogP contribution in [0.4, 0.5) is 0 Å². The van der Waals surface area contributed by atoms with Gasteiger partial charge in [0, 0.05) is 16.8 Å². The fourth-order valence-electron chi connectivity index (χ4n) is 1.13. The van der Waals surface area contributed by atoms with Crippen molar-refractivity contribution in [2.75, 3.05) is 5.88 Å². The zero-order valence-electron chi connectivity index (χ0n) is 8.13. The molecule has 1 atom stereocenters. The van der Waals surface area contributed by atoms with E-state index in [0.29, 0.717) is 12.3 Å². The van der Waals surface area contributed by atoms with E-state index in [-0.39, 0.29) is 11.9 Å². The molecule has 0 aromatic carbocycles. The molecule has 0 aliphatic rings. The highest BCUT2D eigenvalue weighted by atomic mass is 35.5. The lowest BCUT2D eigenvalue weighted by molar-refractivity contribution is -0.121. The monoisotopic (exact) mass is 231 g/mol. The lowest BCUT2D eigenvalue weighted by atomic mass is 10.2. The Hall–Kier alpha value is -0.540. The minimum Gasteiger partial charge on any atom is -0.353 e. The Bertz CT molecular complexity index is 274. The van der Waals surface area contributed by atoms with Gasteiger partial charge in [0.05, 0.1) is 6.42 Å². The van der Waals surface area contributed by atoms with Gasteiger partial charge in [-0.1, -0.05) is 6.07 Å². The Morgan fingerprint density at radius 3 is 3.07 bits per heavy atom. The number of hydrogen-bond donors (Lipinski definition) is 1. The first kappa shape index (κ1) is 11.5. The highest BCUT2D eigenvalue weighted by Gasteiger charge is 2.07. The number of carbonyl (C=O) groups is 1. The molecule has 78 valence electrons. The summed E-state index contributed by atoms with van der Waals surface area (Å²) in [5.41, 5.74) is 0. The number of alkyl halides is 1. The van der Waals surface area contributed by atoms with Crippen molar-refractivity contribution in [3.8, 4) is 0 Å². The van der Waals surface area contributed by atoms with Gasteiger partial charge in [0.1, 0.15) is 0 Å². The van der Waals surface area contributed by atoms with Gasteiger partial charge in [-0.15, -0.1) is 22.9 Å². The van der Waals surface area contributed by atoms with Gasteiger partial charge in [0.25, 0.3) is 0 Å². The van der Waals surface area contributed by atoms with Crippen molar-refractivity contribution in [1.29, 1.82) is 0 Å². The van der Waals surface area contributed by atoms with E-state index in [4.69, 9.17) is 11.6 Å². The van der Waals surface area contributed by atoms with E-state index in [9.17, 15) is 4.79 Å². The number of halogens is 1. The second-order valence-corrected chi connectivity index (χ2v) is 4.61. The summed E-state index contributed by atoms with van der Waals surface area (Å²) in [5.74, 6) is 0.658. The van der Waals surface area contributed by atoms with Gasteiger partial charge < -0.3 is 5.32 Å². The fraction of sp³-hybridized carbons (Fsp3) is 0.500. The van der Waals surface area contributed by atoms with E-state index < -0.39 is 0 Å². The third-order valence-electron chi connectivity index (χ3n) is 1.86. The van der Waals surface area contributed by atoms with Gasteiger partial charge in [-0.2, -0.15) is 0 Å². The first-order valence-corrected chi connectivity index (χ1v) is 6.01. The molecular formula is C10H14ClNOS. The molecule has 1 amide bonds. The third-order valence-corrected chi connectivity index (χ3v) is 2.96. The van der Waals surface area contributed by atoms with Crippen molar-refractivity contribution < 1.29 is 4.79 Å². The van der Waals surface area contributed by atoms with E-state index in [1.807, 2.05) is 24.4 Å². The van der Waals surface area contributed by atoms with Gasteiger partial charge >= 0.3 is 0 Å². The van der Waals surface area contributed by atoms with Crippen LogP contribution in [0, 0.1) is 0 Å². The second kappa shape index (κ2) is 6.04. The Kier molecular flexibility index (Phi) is 4.98. The van der Waals surface area contributed by atoms with Crippen LogP contribution < -0.4 is 5.32 Å². The minimum atomic E-state index is 0.0741. The normalized spacial score (nSPS) is 12.4. The molecule has 0 fully saturated rings. The van der Waals surface area contributed by atoms with E-state index in [1.165, 1.54) is 0 Å². The van der Waals surface area contributed by atoms with Crippen LogP contribution in [0.15, 0.2) is 17.5 Å². The predicted molar refractivity (Wildman–Crippen MR) is 61.0 cm³/mol. The van der Waals surface area contributed by atoms with Crippen LogP contribution in [0.2, 0.25) is 0 Å². The molecule has 1 aromatic heterocycles. The van der Waals surface area contributed by atoms with Crippen LogP contribution in [-0.2, 0) is 11.2 Å². The van der Waals surface area contributed by atoms with Crippen molar-refractivity contribution in [3.05, 3.63) is 22.4 Å². The summed E-state index contributed by atoms with van der Waals surface area (Å²) in [5, 5.41) is 4.88. The van der Waals surface area contributed by atoms with Gasteiger partial charge in [0.2, 0.25) is 5.91 Å². The van der Waals surface area contributed by atoms with Crippen molar-refractivity contribution in [3.63, 3.8) is 0 Å². The molecule has 1 aromatic rings. The Labute approximate surface area is 93.3 Å². The van der Waals surface area contributed by atoms with E-state index in [2.05, 4.69) is 5.32 Å².